The molecule has 0 bridgehead atoms. The fraction of sp³-hybridized carbons (Fsp3) is 0.778. The Labute approximate surface area is 176 Å². The smallest absolute Gasteiger partial charge is 0.0346 e. The first-order chi connectivity index (χ1) is 13.8. The molecule has 0 aliphatic carbocycles. The van der Waals surface area contributed by atoms with Gasteiger partial charge in [0.25, 0.3) is 0 Å². The van der Waals surface area contributed by atoms with E-state index in [1.54, 1.807) is 0 Å². The summed E-state index contributed by atoms with van der Waals surface area (Å²) in [5, 5.41) is 0. The SMILES string of the molecule is CCCCCCCCCCCCCCCCCCCCCc1ccccc1N. The number of benzene rings is 1. The Hall–Kier alpha value is -0.980. The van der Waals surface area contributed by atoms with Crippen LogP contribution in [0.25, 0.3) is 0 Å². The van der Waals surface area contributed by atoms with Crippen molar-refractivity contribution < 1.29 is 0 Å². The minimum Gasteiger partial charge on any atom is -0.399 e. The van der Waals surface area contributed by atoms with Crippen LogP contribution in [0.3, 0.4) is 0 Å². The average Bonchev–Trinajstić information content (AvgIpc) is 2.71. The average molecular weight is 388 g/mol. The number of hydrogen-bond donors (Lipinski definition) is 1. The lowest BCUT2D eigenvalue weighted by atomic mass is 10.0. The number of nitrogens with two attached hydrogens (primary N) is 1. The Bertz CT molecular complexity index is 440. The molecule has 1 aromatic rings. The van der Waals surface area contributed by atoms with E-state index in [0.717, 1.165) is 12.1 Å². The van der Waals surface area contributed by atoms with E-state index in [1.165, 1.54) is 128 Å². The highest BCUT2D eigenvalue weighted by atomic mass is 14.6. The Morgan fingerprint density at radius 1 is 0.500 bits per heavy atom. The highest BCUT2D eigenvalue weighted by Crippen LogP contribution is 2.17. The van der Waals surface area contributed by atoms with Gasteiger partial charge in [0.1, 0.15) is 0 Å². The van der Waals surface area contributed by atoms with Crippen molar-refractivity contribution in [1.82, 2.24) is 0 Å². The van der Waals surface area contributed by atoms with Crippen LogP contribution in [0.1, 0.15) is 134 Å². The second-order valence-electron chi connectivity index (χ2n) is 8.81. The van der Waals surface area contributed by atoms with Crippen LogP contribution in [-0.4, -0.2) is 0 Å². The summed E-state index contributed by atoms with van der Waals surface area (Å²) in [4.78, 5) is 0. The van der Waals surface area contributed by atoms with Crippen LogP contribution in [-0.2, 0) is 6.42 Å². The van der Waals surface area contributed by atoms with E-state index in [2.05, 4.69) is 19.1 Å². The maximum absolute atomic E-state index is 6.00. The first-order valence-corrected chi connectivity index (χ1v) is 12.7. The van der Waals surface area contributed by atoms with Crippen LogP contribution >= 0.6 is 0 Å². The molecule has 0 saturated heterocycles. The van der Waals surface area contributed by atoms with Gasteiger partial charge in [0.2, 0.25) is 0 Å². The molecule has 1 heteroatoms. The Morgan fingerprint density at radius 3 is 1.25 bits per heavy atom. The number of nitrogen functional groups attached to an aromatic ring is 1. The molecule has 2 N–H and O–H groups in total. The quantitative estimate of drug-likeness (QED) is 0.175. The van der Waals surface area contributed by atoms with Gasteiger partial charge in [-0.1, -0.05) is 141 Å². The molecular formula is C27H49N. The molecule has 0 unspecified atom stereocenters. The largest absolute Gasteiger partial charge is 0.399 e. The Balaban J connectivity index is 1.72. The Kier molecular flexibility index (Phi) is 17.3. The maximum atomic E-state index is 6.00. The highest BCUT2D eigenvalue weighted by Gasteiger charge is 1.98. The fourth-order valence-electron chi connectivity index (χ4n) is 4.16. The minimum atomic E-state index is 0.963. The number of unbranched alkanes of at least 4 members (excludes halogenated alkanes) is 18. The topological polar surface area (TPSA) is 26.0 Å². The maximum Gasteiger partial charge on any atom is 0.0346 e. The molecule has 0 aliphatic heterocycles. The molecule has 0 fully saturated rings. The summed E-state index contributed by atoms with van der Waals surface area (Å²) in [6.07, 6.45) is 28.4. The van der Waals surface area contributed by atoms with Crippen molar-refractivity contribution in [2.24, 2.45) is 0 Å². The first kappa shape index (κ1) is 25.1. The molecule has 1 nitrogen and oxygen atoms in total. The summed E-state index contributed by atoms with van der Waals surface area (Å²) >= 11 is 0. The molecule has 1 aromatic carbocycles. The molecule has 0 saturated carbocycles. The number of anilines is 1. The van der Waals surface area contributed by atoms with Gasteiger partial charge in [-0.25, -0.2) is 0 Å². The number of aryl methyl sites for hydroxylation is 1. The summed E-state index contributed by atoms with van der Waals surface area (Å²) < 4.78 is 0. The number of para-hydroxylation sites is 1. The number of rotatable bonds is 20. The van der Waals surface area contributed by atoms with Crippen molar-refractivity contribution in [3.63, 3.8) is 0 Å². The summed E-state index contributed by atoms with van der Waals surface area (Å²) in [7, 11) is 0. The van der Waals surface area contributed by atoms with Gasteiger partial charge in [0, 0.05) is 5.69 Å². The lowest BCUT2D eigenvalue weighted by Gasteiger charge is -2.05. The molecule has 1 rings (SSSR count). The molecule has 0 aliphatic rings. The van der Waals surface area contributed by atoms with Gasteiger partial charge in [-0.3, -0.25) is 0 Å². The standard InChI is InChI=1S/C27H49N/c1-2-3-4-5-6-7-8-9-10-11-12-13-14-15-16-17-18-19-20-23-26-24-21-22-25-27(26)28/h21-22,24-25H,2-20,23,28H2,1H3. The van der Waals surface area contributed by atoms with Gasteiger partial charge in [0.05, 0.1) is 0 Å². The van der Waals surface area contributed by atoms with Crippen molar-refractivity contribution in [2.45, 2.75) is 135 Å². The highest BCUT2D eigenvalue weighted by molar-refractivity contribution is 5.46. The normalized spacial score (nSPS) is 11.2. The molecule has 0 radical (unpaired) electrons. The summed E-state index contributed by atoms with van der Waals surface area (Å²) in [6.45, 7) is 2.30. The fourth-order valence-corrected chi connectivity index (χ4v) is 4.16. The van der Waals surface area contributed by atoms with Gasteiger partial charge < -0.3 is 5.73 Å². The molecule has 162 valence electrons. The number of hydrogen-bond acceptors (Lipinski definition) is 1. The van der Waals surface area contributed by atoms with Crippen LogP contribution in [0.4, 0.5) is 5.69 Å². The molecular weight excluding hydrogens is 338 g/mol. The van der Waals surface area contributed by atoms with E-state index in [4.69, 9.17) is 5.73 Å². The Morgan fingerprint density at radius 2 is 0.857 bits per heavy atom. The predicted molar refractivity (Wildman–Crippen MR) is 128 cm³/mol. The van der Waals surface area contributed by atoms with Crippen LogP contribution in [0.2, 0.25) is 0 Å². The van der Waals surface area contributed by atoms with E-state index >= 15 is 0 Å². The summed E-state index contributed by atoms with van der Waals surface area (Å²) in [5.41, 5.74) is 8.29. The van der Waals surface area contributed by atoms with E-state index in [9.17, 15) is 0 Å². The van der Waals surface area contributed by atoms with Gasteiger partial charge in [-0.2, -0.15) is 0 Å². The predicted octanol–water partition coefficient (Wildman–Crippen LogP) is 9.24. The third kappa shape index (κ3) is 15.0. The monoisotopic (exact) mass is 387 g/mol. The molecule has 0 amide bonds. The molecule has 0 spiro atoms. The lowest BCUT2D eigenvalue weighted by molar-refractivity contribution is 0.523. The van der Waals surface area contributed by atoms with E-state index in [0.29, 0.717) is 0 Å². The zero-order chi connectivity index (χ0) is 20.1. The lowest BCUT2D eigenvalue weighted by Crippen LogP contribution is -1.93. The van der Waals surface area contributed by atoms with Crippen LogP contribution < -0.4 is 5.73 Å². The van der Waals surface area contributed by atoms with Gasteiger partial charge in [-0.05, 0) is 24.5 Å². The second kappa shape index (κ2) is 19.3. The summed E-state index contributed by atoms with van der Waals surface area (Å²) in [5.74, 6) is 0. The molecule has 28 heavy (non-hydrogen) atoms. The van der Waals surface area contributed by atoms with Crippen molar-refractivity contribution in [2.75, 3.05) is 5.73 Å². The third-order valence-electron chi connectivity index (χ3n) is 6.10. The molecule has 0 atom stereocenters. The molecule has 0 heterocycles. The zero-order valence-corrected chi connectivity index (χ0v) is 19.0. The van der Waals surface area contributed by atoms with Crippen LogP contribution in [0.15, 0.2) is 24.3 Å². The van der Waals surface area contributed by atoms with E-state index in [1.807, 2.05) is 12.1 Å². The van der Waals surface area contributed by atoms with Crippen LogP contribution in [0.5, 0.6) is 0 Å². The van der Waals surface area contributed by atoms with Crippen molar-refractivity contribution in [1.29, 1.82) is 0 Å². The van der Waals surface area contributed by atoms with Gasteiger partial charge >= 0.3 is 0 Å². The third-order valence-corrected chi connectivity index (χ3v) is 6.10. The van der Waals surface area contributed by atoms with Gasteiger partial charge in [0.15, 0.2) is 0 Å². The van der Waals surface area contributed by atoms with E-state index < -0.39 is 0 Å². The van der Waals surface area contributed by atoms with Crippen molar-refractivity contribution in [3.8, 4) is 0 Å². The van der Waals surface area contributed by atoms with Crippen molar-refractivity contribution in [3.05, 3.63) is 29.8 Å². The van der Waals surface area contributed by atoms with E-state index in [-0.39, 0.29) is 0 Å². The van der Waals surface area contributed by atoms with Crippen LogP contribution in [0, 0.1) is 0 Å². The zero-order valence-electron chi connectivity index (χ0n) is 19.0. The molecule has 0 aromatic heterocycles. The second-order valence-corrected chi connectivity index (χ2v) is 8.81. The summed E-state index contributed by atoms with van der Waals surface area (Å²) in [6, 6.07) is 8.31. The van der Waals surface area contributed by atoms with Gasteiger partial charge in [-0.15, -0.1) is 0 Å². The first-order valence-electron chi connectivity index (χ1n) is 12.7. The van der Waals surface area contributed by atoms with Crippen molar-refractivity contribution >= 4 is 5.69 Å². The minimum absolute atomic E-state index is 0.963.